The van der Waals surface area contributed by atoms with E-state index in [0.717, 1.165) is 11.8 Å². The molecule has 0 unspecified atom stereocenters. The molecule has 11 heteroatoms. The van der Waals surface area contributed by atoms with Crippen molar-refractivity contribution < 1.29 is 22.7 Å². The highest BCUT2D eigenvalue weighted by Gasteiger charge is 2.20. The first-order valence-corrected chi connectivity index (χ1v) is 12.9. The molecule has 35 heavy (non-hydrogen) atoms. The molecule has 0 saturated carbocycles. The quantitative estimate of drug-likeness (QED) is 0.368. The minimum absolute atomic E-state index is 0.0164. The Kier molecular flexibility index (Phi) is 8.44. The van der Waals surface area contributed by atoms with Gasteiger partial charge in [0, 0.05) is 12.5 Å². The van der Waals surface area contributed by atoms with Gasteiger partial charge in [0.05, 0.1) is 33.3 Å². The normalized spacial score (nSPS) is 11.1. The molecule has 0 spiro atoms. The third-order valence-electron chi connectivity index (χ3n) is 4.87. The number of nitrogens with zero attached hydrogens (tertiary/aromatic N) is 1. The molecule has 4 N–H and O–H groups in total. The third kappa shape index (κ3) is 7.01. The highest BCUT2D eigenvalue weighted by molar-refractivity contribution is 7.90. The Hall–Kier alpha value is -3.47. The molecule has 1 aromatic heterocycles. The summed E-state index contributed by atoms with van der Waals surface area (Å²) in [7, 11) is -3.52. The van der Waals surface area contributed by atoms with Crippen molar-refractivity contribution in [1.82, 2.24) is 4.98 Å². The topological polar surface area (TPSA) is 140 Å². The fraction of sp³-hybridized carbons (Fsp3) is 0.208. The van der Waals surface area contributed by atoms with Gasteiger partial charge < -0.3 is 21.1 Å². The third-order valence-corrected chi connectivity index (χ3v) is 6.20. The first-order chi connectivity index (χ1) is 16.6. The van der Waals surface area contributed by atoms with Crippen molar-refractivity contribution >= 4 is 44.8 Å². The van der Waals surface area contributed by atoms with Crippen LogP contribution in [0, 0.1) is 6.92 Å². The molecule has 0 aliphatic carbocycles. The molecule has 0 saturated heterocycles. The van der Waals surface area contributed by atoms with Gasteiger partial charge in [-0.1, -0.05) is 23.2 Å². The summed E-state index contributed by atoms with van der Waals surface area (Å²) in [5.74, 6) is -0.659. The average molecular weight is 517 g/mol. The number of nitrogens with one attached hydrogen (secondary N) is 2. The second kappa shape index (κ2) is 11.3. The molecule has 184 valence electrons. The number of amides is 2. The predicted molar refractivity (Wildman–Crippen MR) is 135 cm³/mol. The first kappa shape index (κ1) is 26.1. The molecule has 2 aromatic carbocycles. The molecule has 0 atom stereocenters. The van der Waals surface area contributed by atoms with E-state index in [-0.39, 0.29) is 34.1 Å². The fourth-order valence-electron chi connectivity index (χ4n) is 3.08. The molecule has 0 aliphatic rings. The van der Waals surface area contributed by atoms with Crippen LogP contribution in [0.1, 0.15) is 32.7 Å². The smallest absolute Gasteiger partial charge is 0.259 e. The van der Waals surface area contributed by atoms with E-state index in [0.29, 0.717) is 23.8 Å². The maximum Gasteiger partial charge on any atom is 0.259 e. The number of sulfone groups is 1. The number of nitrogens with two attached hydrogens (primary N) is 1. The van der Waals surface area contributed by atoms with Crippen LogP contribution in [-0.2, 0) is 9.84 Å². The molecule has 0 fully saturated rings. The van der Waals surface area contributed by atoms with Gasteiger partial charge >= 0.3 is 0 Å². The van der Waals surface area contributed by atoms with Crippen LogP contribution in [0.2, 0.25) is 5.02 Å². The summed E-state index contributed by atoms with van der Waals surface area (Å²) in [6.07, 6.45) is 2.99. The van der Waals surface area contributed by atoms with Gasteiger partial charge in [-0.05, 0) is 62.4 Å². The number of hydrogen-bond donors (Lipinski definition) is 3. The van der Waals surface area contributed by atoms with E-state index in [1.54, 1.807) is 30.3 Å². The van der Waals surface area contributed by atoms with Crippen molar-refractivity contribution in [2.75, 3.05) is 30.0 Å². The molecule has 0 aliphatic heterocycles. The lowest BCUT2D eigenvalue weighted by Gasteiger charge is -2.15. The first-order valence-electron chi connectivity index (χ1n) is 10.6. The highest BCUT2D eigenvalue weighted by Crippen LogP contribution is 2.26. The maximum absolute atomic E-state index is 13.2. The van der Waals surface area contributed by atoms with Gasteiger partial charge in [-0.15, -0.1) is 0 Å². The predicted octanol–water partition coefficient (Wildman–Crippen LogP) is 3.68. The zero-order chi connectivity index (χ0) is 25.6. The molecule has 9 nitrogen and oxygen atoms in total. The van der Waals surface area contributed by atoms with E-state index >= 15 is 0 Å². The zero-order valence-electron chi connectivity index (χ0n) is 19.2. The summed E-state index contributed by atoms with van der Waals surface area (Å²) < 4.78 is 29.6. The number of pyridine rings is 1. The number of halogens is 1. The van der Waals surface area contributed by atoms with Gasteiger partial charge in [0.2, 0.25) is 0 Å². The number of rotatable bonds is 9. The van der Waals surface area contributed by atoms with Crippen LogP contribution >= 0.6 is 11.6 Å². The molecule has 3 aromatic rings. The summed E-state index contributed by atoms with van der Waals surface area (Å²) in [5.41, 5.74) is 6.90. The van der Waals surface area contributed by atoms with Crippen LogP contribution in [0.15, 0.2) is 59.6 Å². The standard InChI is InChI=1S/C24H25ClN4O5S/c1-15-4-8-20(19(12-15)24(31)29-22-9-5-16(25)14-27-22)28-23(30)18-7-6-17(35(2,32)33)13-21(18)34-11-3-10-26/h4-9,12-14H,3,10-11,26H2,1-2H3,(H,28,30)(H,27,29,31). The van der Waals surface area contributed by atoms with Crippen LogP contribution < -0.4 is 21.1 Å². The number of hydrogen-bond acceptors (Lipinski definition) is 7. The Morgan fingerprint density at radius 1 is 1.03 bits per heavy atom. The van der Waals surface area contributed by atoms with Crippen LogP contribution in [0.5, 0.6) is 5.75 Å². The SMILES string of the molecule is Cc1ccc(NC(=O)c2ccc(S(C)(=O)=O)cc2OCCCN)c(C(=O)Nc2ccc(Cl)cn2)c1. The van der Waals surface area contributed by atoms with Crippen molar-refractivity contribution in [3.63, 3.8) is 0 Å². The van der Waals surface area contributed by atoms with E-state index in [4.69, 9.17) is 22.1 Å². The van der Waals surface area contributed by atoms with Gasteiger partial charge in [-0.25, -0.2) is 13.4 Å². The van der Waals surface area contributed by atoms with Crippen LogP contribution in [0.4, 0.5) is 11.5 Å². The molecule has 0 bridgehead atoms. The maximum atomic E-state index is 13.2. The molecular formula is C24H25ClN4O5S. The summed E-state index contributed by atoms with van der Waals surface area (Å²) >= 11 is 5.84. The second-order valence-electron chi connectivity index (χ2n) is 7.74. The monoisotopic (exact) mass is 516 g/mol. The Labute approximate surface area is 208 Å². The number of carbonyl (C=O) groups is 2. The number of anilines is 2. The van der Waals surface area contributed by atoms with E-state index in [9.17, 15) is 18.0 Å². The van der Waals surface area contributed by atoms with Crippen molar-refractivity contribution in [3.05, 3.63) is 76.4 Å². The molecular weight excluding hydrogens is 492 g/mol. The zero-order valence-corrected chi connectivity index (χ0v) is 20.7. The lowest BCUT2D eigenvalue weighted by molar-refractivity contribution is 0.102. The molecule has 0 radical (unpaired) electrons. The molecule has 2 amide bonds. The number of aromatic nitrogens is 1. The lowest BCUT2D eigenvalue weighted by Crippen LogP contribution is -2.20. The lowest BCUT2D eigenvalue weighted by atomic mass is 10.1. The minimum atomic E-state index is -3.52. The van der Waals surface area contributed by atoms with E-state index in [1.165, 1.54) is 24.4 Å². The van der Waals surface area contributed by atoms with Crippen LogP contribution in [-0.4, -0.2) is 44.6 Å². The van der Waals surface area contributed by atoms with Gasteiger partial charge in [-0.2, -0.15) is 0 Å². The molecule has 1 heterocycles. The van der Waals surface area contributed by atoms with Crippen molar-refractivity contribution in [3.8, 4) is 5.75 Å². The summed E-state index contributed by atoms with van der Waals surface area (Å²) in [4.78, 5) is 30.2. The van der Waals surface area contributed by atoms with E-state index < -0.39 is 21.7 Å². The number of ether oxygens (including phenoxy) is 1. The Bertz CT molecular complexity index is 1340. The van der Waals surface area contributed by atoms with E-state index in [2.05, 4.69) is 15.6 Å². The fourth-order valence-corrected chi connectivity index (χ4v) is 3.83. The van der Waals surface area contributed by atoms with Gasteiger partial charge in [-0.3, -0.25) is 9.59 Å². The van der Waals surface area contributed by atoms with E-state index in [1.807, 2.05) is 6.92 Å². The summed E-state index contributed by atoms with van der Waals surface area (Å²) in [6.45, 7) is 2.39. The van der Waals surface area contributed by atoms with Gasteiger partial charge in [0.15, 0.2) is 9.84 Å². The second-order valence-corrected chi connectivity index (χ2v) is 10.2. The Balaban J connectivity index is 1.90. The molecule has 3 rings (SSSR count). The Morgan fingerprint density at radius 2 is 1.77 bits per heavy atom. The highest BCUT2D eigenvalue weighted by atomic mass is 35.5. The minimum Gasteiger partial charge on any atom is -0.493 e. The van der Waals surface area contributed by atoms with Crippen molar-refractivity contribution in [1.29, 1.82) is 0 Å². The van der Waals surface area contributed by atoms with Crippen molar-refractivity contribution in [2.24, 2.45) is 5.73 Å². The number of benzene rings is 2. The van der Waals surface area contributed by atoms with Crippen LogP contribution in [0.3, 0.4) is 0 Å². The average Bonchev–Trinajstić information content (AvgIpc) is 2.81. The van der Waals surface area contributed by atoms with Crippen molar-refractivity contribution in [2.45, 2.75) is 18.2 Å². The number of carbonyl (C=O) groups excluding carboxylic acids is 2. The number of aryl methyl sites for hydroxylation is 1. The summed E-state index contributed by atoms with van der Waals surface area (Å²) in [5, 5.41) is 5.82. The largest absolute Gasteiger partial charge is 0.493 e. The summed E-state index contributed by atoms with van der Waals surface area (Å²) in [6, 6.07) is 12.1. The Morgan fingerprint density at radius 3 is 2.43 bits per heavy atom. The van der Waals surface area contributed by atoms with Gasteiger partial charge in [0.25, 0.3) is 11.8 Å². The van der Waals surface area contributed by atoms with Gasteiger partial charge in [0.1, 0.15) is 11.6 Å². The van der Waals surface area contributed by atoms with Crippen LogP contribution in [0.25, 0.3) is 0 Å².